The summed E-state index contributed by atoms with van der Waals surface area (Å²) in [6.07, 6.45) is 1.55. The number of aromatic amines is 1. The van der Waals surface area contributed by atoms with Gasteiger partial charge in [0.25, 0.3) is 5.56 Å². The molecule has 0 spiro atoms. The Bertz CT molecular complexity index is 1120. The molecule has 2 aromatic heterocycles. The molecule has 0 fully saturated rings. The van der Waals surface area contributed by atoms with Crippen molar-refractivity contribution in [1.29, 1.82) is 0 Å². The van der Waals surface area contributed by atoms with Gasteiger partial charge in [-0.2, -0.15) is 0 Å². The molecule has 176 valence electrons. The Morgan fingerprint density at radius 2 is 2.03 bits per heavy atom. The van der Waals surface area contributed by atoms with E-state index in [4.69, 9.17) is 21.1 Å². The summed E-state index contributed by atoms with van der Waals surface area (Å²) in [6, 6.07) is 7.70. The number of nitrogens with zero attached hydrogens (tertiary/aromatic N) is 2. The zero-order chi connectivity index (χ0) is 23.8. The van der Waals surface area contributed by atoms with Gasteiger partial charge in [-0.15, -0.1) is 0 Å². The summed E-state index contributed by atoms with van der Waals surface area (Å²) >= 11 is 6.53. The van der Waals surface area contributed by atoms with Crippen molar-refractivity contribution in [3.05, 3.63) is 63.3 Å². The van der Waals surface area contributed by atoms with Gasteiger partial charge in [-0.3, -0.25) is 4.79 Å². The second kappa shape index (κ2) is 11.9. The molecule has 0 bridgehead atoms. The van der Waals surface area contributed by atoms with Crippen molar-refractivity contribution in [3.63, 3.8) is 0 Å². The first-order chi connectivity index (χ1) is 15.9. The number of hydrogen-bond donors (Lipinski definition) is 2. The van der Waals surface area contributed by atoms with Crippen molar-refractivity contribution in [2.45, 2.75) is 27.3 Å². The largest absolute Gasteiger partial charge is 0.475 e. The number of nitrogens with one attached hydrogen (secondary N) is 2. The second-order valence-corrected chi connectivity index (χ2v) is 8.21. The van der Waals surface area contributed by atoms with E-state index >= 15 is 0 Å². The minimum atomic E-state index is -0.566. The van der Waals surface area contributed by atoms with E-state index in [0.29, 0.717) is 49.4 Å². The maximum Gasteiger partial charge on any atom is 0.251 e. The number of aromatic nitrogens is 3. The third-order valence-corrected chi connectivity index (χ3v) is 5.16. The van der Waals surface area contributed by atoms with Crippen molar-refractivity contribution in [2.24, 2.45) is 5.92 Å². The van der Waals surface area contributed by atoms with E-state index in [1.807, 2.05) is 6.92 Å². The highest BCUT2D eigenvalue weighted by Crippen LogP contribution is 2.32. The van der Waals surface area contributed by atoms with Crippen molar-refractivity contribution in [3.8, 4) is 28.5 Å². The summed E-state index contributed by atoms with van der Waals surface area (Å²) in [5, 5.41) is 3.50. The van der Waals surface area contributed by atoms with Gasteiger partial charge >= 0.3 is 0 Å². The molecule has 9 heteroatoms. The summed E-state index contributed by atoms with van der Waals surface area (Å²) in [4.78, 5) is 23.7. The average Bonchev–Trinajstić information content (AvgIpc) is 2.78. The molecule has 33 heavy (non-hydrogen) atoms. The van der Waals surface area contributed by atoms with Gasteiger partial charge in [0.1, 0.15) is 18.2 Å². The predicted octanol–water partition coefficient (Wildman–Crippen LogP) is 4.45. The van der Waals surface area contributed by atoms with Crippen LogP contribution in [0.25, 0.3) is 22.6 Å². The molecule has 7 nitrogen and oxygen atoms in total. The van der Waals surface area contributed by atoms with Crippen LogP contribution in [-0.2, 0) is 11.3 Å². The highest BCUT2D eigenvalue weighted by atomic mass is 35.5. The lowest BCUT2D eigenvalue weighted by molar-refractivity contribution is 0.108. The van der Waals surface area contributed by atoms with Gasteiger partial charge in [0, 0.05) is 37.0 Å². The Balaban J connectivity index is 1.87. The molecule has 0 unspecified atom stereocenters. The monoisotopic (exact) mass is 474 g/mol. The van der Waals surface area contributed by atoms with Crippen LogP contribution in [0, 0.1) is 11.7 Å². The third-order valence-electron chi connectivity index (χ3n) is 4.73. The number of halogens is 2. The van der Waals surface area contributed by atoms with Gasteiger partial charge in [-0.25, -0.2) is 14.4 Å². The molecule has 0 aliphatic carbocycles. The van der Waals surface area contributed by atoms with Crippen LogP contribution < -0.4 is 15.6 Å². The Morgan fingerprint density at radius 3 is 2.73 bits per heavy atom. The molecule has 2 N–H and O–H groups in total. The number of ether oxygens (including phenoxy) is 2. The molecule has 0 saturated heterocycles. The number of pyridine rings is 1. The fourth-order valence-electron chi connectivity index (χ4n) is 3.14. The molecule has 0 aliphatic rings. The first-order valence-corrected chi connectivity index (χ1v) is 11.2. The van der Waals surface area contributed by atoms with E-state index in [0.717, 1.165) is 12.1 Å². The van der Waals surface area contributed by atoms with Gasteiger partial charge in [0.05, 0.1) is 22.9 Å². The van der Waals surface area contributed by atoms with Crippen molar-refractivity contribution in [2.75, 3.05) is 26.4 Å². The minimum Gasteiger partial charge on any atom is -0.475 e. The van der Waals surface area contributed by atoms with Gasteiger partial charge in [-0.1, -0.05) is 31.5 Å². The minimum absolute atomic E-state index is 0.0581. The lowest BCUT2D eigenvalue weighted by Crippen LogP contribution is -2.19. The summed E-state index contributed by atoms with van der Waals surface area (Å²) in [5.74, 6) is 0.388. The summed E-state index contributed by atoms with van der Waals surface area (Å²) in [7, 11) is 0. The van der Waals surface area contributed by atoms with E-state index < -0.39 is 11.4 Å². The van der Waals surface area contributed by atoms with E-state index in [1.165, 1.54) is 12.1 Å². The summed E-state index contributed by atoms with van der Waals surface area (Å²) in [6.45, 7) is 8.85. The standard InChI is InChI=1S/C24H28ClFN4O3/c1-4-32-9-10-33-21-8-6-16(14-28-21)19-11-20(31)30-24(29-19)22-18(26)7-5-17(23(22)25)13-27-12-15(2)3/h5-8,11,14-15,27H,4,9-10,12-13H2,1-3H3,(H,29,30,31). The third kappa shape index (κ3) is 6.83. The highest BCUT2D eigenvalue weighted by molar-refractivity contribution is 6.34. The summed E-state index contributed by atoms with van der Waals surface area (Å²) < 4.78 is 25.5. The molecule has 3 rings (SSSR count). The smallest absolute Gasteiger partial charge is 0.251 e. The van der Waals surface area contributed by atoms with Gasteiger partial charge in [-0.05, 0) is 37.1 Å². The lowest BCUT2D eigenvalue weighted by atomic mass is 10.1. The van der Waals surface area contributed by atoms with Crippen LogP contribution in [0.2, 0.25) is 5.02 Å². The topological polar surface area (TPSA) is 89.1 Å². The normalized spacial score (nSPS) is 11.2. The predicted molar refractivity (Wildman–Crippen MR) is 127 cm³/mol. The maximum absolute atomic E-state index is 14.8. The molecular weight excluding hydrogens is 447 g/mol. The van der Waals surface area contributed by atoms with E-state index in [-0.39, 0.29) is 16.4 Å². The first-order valence-electron chi connectivity index (χ1n) is 10.8. The molecule has 0 saturated carbocycles. The Kier molecular flexibility index (Phi) is 8.94. The van der Waals surface area contributed by atoms with Gasteiger partial charge in [0.2, 0.25) is 5.88 Å². The lowest BCUT2D eigenvalue weighted by Gasteiger charge is -2.13. The zero-order valence-electron chi connectivity index (χ0n) is 19.0. The van der Waals surface area contributed by atoms with E-state index in [9.17, 15) is 9.18 Å². The molecule has 0 aliphatic heterocycles. The summed E-state index contributed by atoms with van der Waals surface area (Å²) in [5.41, 5.74) is 1.29. The van der Waals surface area contributed by atoms with Crippen LogP contribution in [0.5, 0.6) is 5.88 Å². The Labute approximate surface area is 197 Å². The van der Waals surface area contributed by atoms with Crippen LogP contribution in [0.3, 0.4) is 0 Å². The highest BCUT2D eigenvalue weighted by Gasteiger charge is 2.17. The first kappa shape index (κ1) is 24.8. The van der Waals surface area contributed by atoms with Crippen LogP contribution in [-0.4, -0.2) is 41.3 Å². The van der Waals surface area contributed by atoms with Crippen molar-refractivity contribution in [1.82, 2.24) is 20.3 Å². The molecular formula is C24H28ClFN4O3. The SMILES string of the molecule is CCOCCOc1ccc(-c2cc(=O)[nH]c(-c3c(F)ccc(CNCC(C)C)c3Cl)n2)cn1. The average molecular weight is 475 g/mol. The molecule has 3 aromatic rings. The molecule has 2 heterocycles. The molecule has 0 amide bonds. The maximum atomic E-state index is 14.8. The molecule has 0 radical (unpaired) electrons. The van der Waals surface area contributed by atoms with Crippen LogP contribution in [0.15, 0.2) is 41.3 Å². The van der Waals surface area contributed by atoms with Gasteiger partial charge in [0.15, 0.2) is 0 Å². The van der Waals surface area contributed by atoms with Crippen LogP contribution in [0.4, 0.5) is 4.39 Å². The van der Waals surface area contributed by atoms with E-state index in [2.05, 4.69) is 34.1 Å². The number of H-pyrrole nitrogens is 1. The number of benzene rings is 1. The van der Waals surface area contributed by atoms with Gasteiger partial charge < -0.3 is 19.8 Å². The van der Waals surface area contributed by atoms with Crippen LogP contribution in [0.1, 0.15) is 26.3 Å². The second-order valence-electron chi connectivity index (χ2n) is 7.83. The quantitative estimate of drug-likeness (QED) is 0.399. The zero-order valence-corrected chi connectivity index (χ0v) is 19.7. The fraction of sp³-hybridized carbons (Fsp3) is 0.375. The Morgan fingerprint density at radius 1 is 1.21 bits per heavy atom. The van der Waals surface area contributed by atoms with Crippen LogP contribution >= 0.6 is 11.6 Å². The fourth-order valence-corrected chi connectivity index (χ4v) is 3.44. The van der Waals surface area contributed by atoms with Crippen molar-refractivity contribution >= 4 is 11.6 Å². The van der Waals surface area contributed by atoms with Crippen molar-refractivity contribution < 1.29 is 13.9 Å². The molecule has 1 aromatic carbocycles. The Hall–Kier alpha value is -2.81. The van der Waals surface area contributed by atoms with E-state index in [1.54, 1.807) is 24.4 Å². The number of rotatable bonds is 11. The molecule has 0 atom stereocenters. The number of hydrogen-bond acceptors (Lipinski definition) is 6.